The first-order valence-electron chi connectivity index (χ1n) is 42.8. The molecular weight excluding hydrogens is 1500 g/mol. The maximum atomic E-state index is 6.33. The Kier molecular flexibility index (Phi) is 15.2. The van der Waals surface area contributed by atoms with Crippen molar-refractivity contribution in [1.29, 1.82) is 0 Å². The summed E-state index contributed by atoms with van der Waals surface area (Å²) in [5.74, 6) is 0. The minimum atomic E-state index is -0.579. The summed E-state index contributed by atoms with van der Waals surface area (Å²) in [6.45, 7) is 0. The van der Waals surface area contributed by atoms with Crippen LogP contribution < -0.4 is 9.80 Å². The van der Waals surface area contributed by atoms with Crippen LogP contribution in [-0.2, 0) is 10.8 Å². The molecule has 0 N–H and O–H groups in total. The third kappa shape index (κ3) is 9.99. The van der Waals surface area contributed by atoms with E-state index in [0.717, 1.165) is 123 Å². The van der Waals surface area contributed by atoms with Crippen LogP contribution in [0.15, 0.2) is 449 Å². The lowest BCUT2D eigenvalue weighted by Gasteiger charge is -2.31. The quantitative estimate of drug-likeness (QED) is 0.122. The van der Waals surface area contributed by atoms with E-state index in [1.54, 1.807) is 0 Å². The molecule has 124 heavy (non-hydrogen) atoms. The number of hydrogen-bond donors (Lipinski definition) is 0. The topological polar surface area (TPSA) is 42.1 Å². The van der Waals surface area contributed by atoms with Gasteiger partial charge in [-0.3, -0.25) is 0 Å². The van der Waals surface area contributed by atoms with Gasteiger partial charge in [0.15, 0.2) is 0 Å². The predicted octanol–water partition coefficient (Wildman–Crippen LogP) is 30.1. The van der Waals surface area contributed by atoms with E-state index in [-0.39, 0.29) is 0 Å². The van der Waals surface area contributed by atoms with Crippen LogP contribution >= 0.6 is 0 Å². The molecule has 0 unspecified atom stereocenters. The molecule has 0 fully saturated rings. The van der Waals surface area contributed by atoms with Crippen molar-refractivity contribution in [3.05, 3.63) is 493 Å². The number of rotatable bonds is 12. The van der Waals surface area contributed by atoms with Gasteiger partial charge in [-0.1, -0.05) is 315 Å². The molecule has 6 heteroatoms. The molecule has 0 saturated heterocycles. The minimum Gasteiger partial charge on any atom is -0.310 e. The van der Waals surface area contributed by atoms with Gasteiger partial charge < -0.3 is 18.9 Å². The summed E-state index contributed by atoms with van der Waals surface area (Å²) in [4.78, 5) is 17.4. The van der Waals surface area contributed by atoms with Crippen molar-refractivity contribution in [2.45, 2.75) is 10.8 Å². The molecule has 576 valence electrons. The van der Waals surface area contributed by atoms with Crippen molar-refractivity contribution in [3.8, 4) is 101 Å². The number of aromatic nitrogens is 4. The van der Waals surface area contributed by atoms with Gasteiger partial charge in [0.25, 0.3) is 0 Å². The first-order chi connectivity index (χ1) is 61.5. The van der Waals surface area contributed by atoms with E-state index in [1.807, 2.05) is 0 Å². The second-order valence-corrected chi connectivity index (χ2v) is 33.3. The second-order valence-electron chi connectivity index (χ2n) is 33.3. The molecule has 0 saturated carbocycles. The molecule has 0 atom stereocenters. The lowest BCUT2D eigenvalue weighted by atomic mass is 9.70. The molecule has 0 aliphatic heterocycles. The maximum absolute atomic E-state index is 6.33. The number of hydrogen-bond acceptors (Lipinski definition) is 4. The van der Waals surface area contributed by atoms with Gasteiger partial charge >= 0.3 is 0 Å². The van der Waals surface area contributed by atoms with Gasteiger partial charge in [0.1, 0.15) is 0 Å². The third-order valence-electron chi connectivity index (χ3n) is 27.1. The summed E-state index contributed by atoms with van der Waals surface area (Å²) < 4.78 is 4.77. The zero-order chi connectivity index (χ0) is 81.3. The van der Waals surface area contributed by atoms with Crippen molar-refractivity contribution in [1.82, 2.24) is 19.1 Å². The first kappa shape index (κ1) is 69.6. The predicted molar refractivity (Wildman–Crippen MR) is 512 cm³/mol. The van der Waals surface area contributed by atoms with Crippen molar-refractivity contribution < 1.29 is 0 Å². The van der Waals surface area contributed by atoms with Gasteiger partial charge in [-0.15, -0.1) is 0 Å². The normalized spacial score (nSPS) is 13.1. The molecule has 6 nitrogen and oxygen atoms in total. The Bertz CT molecular complexity index is 7560. The summed E-state index contributed by atoms with van der Waals surface area (Å²) in [6.07, 6.45) is 0. The number of benzene rings is 19. The Hall–Kier alpha value is -16.3. The Morgan fingerprint density at radius 3 is 0.782 bits per heavy atom. The van der Waals surface area contributed by atoms with E-state index in [1.165, 1.54) is 111 Å². The molecule has 0 radical (unpaired) electrons. The Balaban J connectivity index is 0.710. The average molecular weight is 1580 g/mol. The number of fused-ring (bicyclic) bond motifs is 27. The van der Waals surface area contributed by atoms with E-state index < -0.39 is 10.8 Å². The van der Waals surface area contributed by atoms with Crippen molar-refractivity contribution in [2.24, 2.45) is 0 Å². The molecule has 0 amide bonds. The first-order valence-corrected chi connectivity index (χ1v) is 42.8. The van der Waals surface area contributed by atoms with E-state index in [9.17, 15) is 0 Å². The Labute approximate surface area is 717 Å². The number of nitrogens with zero attached hydrogens (tertiary/aromatic N) is 6. The smallest absolute Gasteiger partial charge is 0.0979 e. The molecule has 26 rings (SSSR count). The zero-order valence-electron chi connectivity index (χ0n) is 67.4. The summed E-state index contributed by atoms with van der Waals surface area (Å²) in [5.41, 5.74) is 41.3. The van der Waals surface area contributed by atoms with E-state index in [0.29, 0.717) is 0 Å². The molecule has 0 bridgehead atoms. The second kappa shape index (κ2) is 27.1. The van der Waals surface area contributed by atoms with Crippen LogP contribution in [0.2, 0.25) is 0 Å². The zero-order valence-corrected chi connectivity index (χ0v) is 67.4. The molecule has 4 aliphatic rings. The van der Waals surface area contributed by atoms with Crippen LogP contribution in [0.5, 0.6) is 0 Å². The lowest BCUT2D eigenvalue weighted by molar-refractivity contribution is 0.794. The summed E-state index contributed by atoms with van der Waals surface area (Å²) in [7, 11) is 0. The Morgan fingerprint density at radius 1 is 0.177 bits per heavy atom. The third-order valence-corrected chi connectivity index (χ3v) is 27.1. The monoisotopic (exact) mass is 1570 g/mol. The van der Waals surface area contributed by atoms with Crippen LogP contribution in [0.4, 0.5) is 34.1 Å². The SMILES string of the molecule is c1ccc(N(c2ccc(-c3nc4c(-c5ccc6c(c5)C5(c7ccccc7-c7ccccc75)c5ccccc5-6)ccc(-c5ccc6c(c5)C5(c7ccccc7-c7ccccc75)c5ccccc5-6)c4nc3-c3ccc(N(c4ccccc4)c4ccc5c(c4)c4ccccc4n5-c4ccccc4)cc3)cc2)c2ccc3c(c2)c2ccccc2n3-c2ccccc2)cc1. The number of anilines is 6. The van der Waals surface area contributed by atoms with Crippen molar-refractivity contribution in [3.63, 3.8) is 0 Å². The van der Waals surface area contributed by atoms with E-state index in [4.69, 9.17) is 9.97 Å². The van der Waals surface area contributed by atoms with Gasteiger partial charge in [-0.2, -0.15) is 0 Å². The molecular formula is C118H74N6. The van der Waals surface area contributed by atoms with Gasteiger partial charge in [0.2, 0.25) is 0 Å². The summed E-state index contributed by atoms with van der Waals surface area (Å²) in [6, 6.07) is 166. The van der Waals surface area contributed by atoms with Crippen LogP contribution in [0, 0.1) is 0 Å². The van der Waals surface area contributed by atoms with Gasteiger partial charge in [0, 0.05) is 89.3 Å². The van der Waals surface area contributed by atoms with Gasteiger partial charge in [0.05, 0.1) is 55.3 Å². The fourth-order valence-electron chi connectivity index (χ4n) is 22.0. The molecule has 22 aromatic rings. The highest BCUT2D eigenvalue weighted by atomic mass is 15.2. The van der Waals surface area contributed by atoms with Crippen LogP contribution in [0.3, 0.4) is 0 Å². The van der Waals surface area contributed by atoms with Crippen molar-refractivity contribution in [2.75, 3.05) is 9.80 Å². The standard InChI is InChI=1S/C118H74N6/c1-5-29-79(30-6-1)121(85-63-69-111-99(73-85)97-43-19-27-51-109(97)123(111)81-33-9-3-10-34-81)83-59-53-75(54-60-83)113-114(76-55-61-84(62-56-76)122(80-31-7-2-8-32-80)86-64-70-112-100(74-86)98-44-20-28-52-110(98)124(112)82-35-11-4-12-36-82)120-116-88(78-58-66-96-94-42-18-26-50-106(94)118(108(96)72-78)103-47-23-15-39-91(103)92-40-16-24-48-104(92)118)68-67-87(115(116)119-113)77-57-65-95-93-41-17-25-49-105(93)117(107(95)71-77)101-45-21-13-37-89(101)90-38-14-22-46-102(90)117/h1-74H. The highest BCUT2D eigenvalue weighted by Gasteiger charge is 2.53. The Morgan fingerprint density at radius 2 is 0.435 bits per heavy atom. The summed E-state index contributed by atoms with van der Waals surface area (Å²) in [5, 5.41) is 4.73. The molecule has 4 aliphatic carbocycles. The molecule has 2 spiro atoms. The summed E-state index contributed by atoms with van der Waals surface area (Å²) >= 11 is 0. The lowest BCUT2D eigenvalue weighted by Crippen LogP contribution is -2.25. The van der Waals surface area contributed by atoms with Crippen LogP contribution in [0.25, 0.3) is 155 Å². The number of para-hydroxylation sites is 6. The molecule has 3 heterocycles. The van der Waals surface area contributed by atoms with Crippen molar-refractivity contribution >= 4 is 88.8 Å². The molecule has 3 aromatic heterocycles. The van der Waals surface area contributed by atoms with E-state index in [2.05, 4.69) is 468 Å². The fraction of sp³-hybridized carbons (Fsp3) is 0.0169. The van der Waals surface area contributed by atoms with Crippen LogP contribution in [0.1, 0.15) is 44.5 Å². The highest BCUT2D eigenvalue weighted by molar-refractivity contribution is 6.13. The van der Waals surface area contributed by atoms with Gasteiger partial charge in [-0.05, 0) is 234 Å². The van der Waals surface area contributed by atoms with E-state index >= 15 is 0 Å². The highest BCUT2D eigenvalue weighted by Crippen LogP contribution is 2.66. The maximum Gasteiger partial charge on any atom is 0.0979 e. The fourth-order valence-corrected chi connectivity index (χ4v) is 22.0. The van der Waals surface area contributed by atoms with Gasteiger partial charge in [-0.25, -0.2) is 9.97 Å². The largest absolute Gasteiger partial charge is 0.310 e. The molecule has 19 aromatic carbocycles. The van der Waals surface area contributed by atoms with Crippen LogP contribution in [-0.4, -0.2) is 19.1 Å². The minimum absolute atomic E-state index is 0.579. The average Bonchev–Trinajstić information content (AvgIpc) is 1.51.